The molecule has 3 rings (SSSR count). The molecule has 0 saturated carbocycles. The molecule has 176 valence electrons. The fraction of sp³-hybridized carbons (Fsp3) is 0.182. The summed E-state index contributed by atoms with van der Waals surface area (Å²) >= 11 is 0. The molecule has 0 aromatic heterocycles. The topological polar surface area (TPSA) is 137 Å². The highest BCUT2D eigenvalue weighted by atomic mass is 32.2. The molecule has 0 spiro atoms. The average Bonchev–Trinajstić information content (AvgIpc) is 2.75. The third-order valence-corrected chi connectivity index (χ3v) is 6.09. The Labute approximate surface area is 194 Å². The lowest BCUT2D eigenvalue weighted by atomic mass is 10.2. The van der Waals surface area contributed by atoms with Crippen molar-refractivity contribution >= 4 is 42.9 Å². The molecule has 0 unspecified atom stereocenters. The van der Waals surface area contributed by atoms with Gasteiger partial charge in [-0.15, -0.1) is 0 Å². The predicted molar refractivity (Wildman–Crippen MR) is 131 cm³/mol. The Morgan fingerprint density at radius 1 is 0.727 bits per heavy atom. The summed E-state index contributed by atoms with van der Waals surface area (Å²) in [4.78, 5) is -0.212. The summed E-state index contributed by atoms with van der Waals surface area (Å²) in [6, 6.07) is 21.3. The molecule has 5 N–H and O–H groups in total. The van der Waals surface area contributed by atoms with E-state index < -0.39 is 20.1 Å². The van der Waals surface area contributed by atoms with Crippen molar-refractivity contribution in [3.05, 3.63) is 78.4 Å². The van der Waals surface area contributed by atoms with E-state index in [-0.39, 0.29) is 11.4 Å². The Hall–Kier alpha value is -3.12. The number of rotatable bonds is 11. The van der Waals surface area contributed by atoms with Gasteiger partial charge in [-0.05, 0) is 42.0 Å². The highest BCUT2D eigenvalue weighted by molar-refractivity contribution is 7.88. The van der Waals surface area contributed by atoms with Gasteiger partial charge in [0.1, 0.15) is 0 Å². The lowest BCUT2D eigenvalue weighted by Gasteiger charge is -2.15. The van der Waals surface area contributed by atoms with Gasteiger partial charge >= 0.3 is 0 Å². The standard InChI is InChI=1S/C22H26N4O5S2/c1-32(27,28)25-11-10-23-19-12-20(24-16-17-6-3-2-4-7-17)14-21(13-19)26-18-8-5-9-22(15-18)33(29,30)31/h2-9,12-15,23-26H,10-11,16H2,1H3,(H,29,30,31). The van der Waals surface area contributed by atoms with E-state index in [4.69, 9.17) is 0 Å². The lowest BCUT2D eigenvalue weighted by Crippen LogP contribution is -2.27. The van der Waals surface area contributed by atoms with Crippen LogP contribution in [0.25, 0.3) is 0 Å². The van der Waals surface area contributed by atoms with Crippen molar-refractivity contribution in [2.45, 2.75) is 11.4 Å². The van der Waals surface area contributed by atoms with Crippen LogP contribution < -0.4 is 20.7 Å². The second-order valence-corrected chi connectivity index (χ2v) is 10.6. The van der Waals surface area contributed by atoms with Gasteiger partial charge in [-0.1, -0.05) is 36.4 Å². The van der Waals surface area contributed by atoms with Crippen molar-refractivity contribution < 1.29 is 21.4 Å². The lowest BCUT2D eigenvalue weighted by molar-refractivity contribution is 0.483. The van der Waals surface area contributed by atoms with Crippen molar-refractivity contribution in [1.29, 1.82) is 0 Å². The third kappa shape index (κ3) is 8.39. The van der Waals surface area contributed by atoms with Crippen LogP contribution >= 0.6 is 0 Å². The van der Waals surface area contributed by atoms with Crippen LogP contribution in [0.2, 0.25) is 0 Å². The van der Waals surface area contributed by atoms with Gasteiger partial charge in [-0.3, -0.25) is 4.55 Å². The first-order valence-electron chi connectivity index (χ1n) is 10.0. The van der Waals surface area contributed by atoms with Gasteiger partial charge in [0.2, 0.25) is 10.0 Å². The van der Waals surface area contributed by atoms with Gasteiger partial charge in [-0.2, -0.15) is 8.42 Å². The van der Waals surface area contributed by atoms with Crippen LogP contribution in [0.15, 0.2) is 77.7 Å². The van der Waals surface area contributed by atoms with Gasteiger partial charge < -0.3 is 16.0 Å². The smallest absolute Gasteiger partial charge is 0.294 e. The molecule has 0 radical (unpaired) electrons. The summed E-state index contributed by atoms with van der Waals surface area (Å²) in [5.41, 5.74) is 3.78. The SMILES string of the molecule is CS(=O)(=O)NCCNc1cc(NCc2ccccc2)cc(Nc2cccc(S(=O)(=O)O)c2)c1. The Balaban J connectivity index is 1.80. The normalized spacial score (nSPS) is 11.7. The largest absolute Gasteiger partial charge is 0.384 e. The highest BCUT2D eigenvalue weighted by Gasteiger charge is 2.10. The molecule has 11 heteroatoms. The van der Waals surface area contributed by atoms with E-state index in [9.17, 15) is 21.4 Å². The van der Waals surface area contributed by atoms with Crippen molar-refractivity contribution in [3.8, 4) is 0 Å². The Kier molecular flexibility index (Phi) is 7.92. The van der Waals surface area contributed by atoms with E-state index in [2.05, 4.69) is 20.7 Å². The first-order valence-corrected chi connectivity index (χ1v) is 13.4. The number of hydrogen-bond donors (Lipinski definition) is 5. The molecule has 0 fully saturated rings. The average molecular weight is 491 g/mol. The number of sulfonamides is 1. The summed E-state index contributed by atoms with van der Waals surface area (Å²) in [6.45, 7) is 1.18. The van der Waals surface area contributed by atoms with Crippen LogP contribution in [0.5, 0.6) is 0 Å². The summed E-state index contributed by atoms with van der Waals surface area (Å²) in [6.07, 6.45) is 1.10. The second kappa shape index (κ2) is 10.7. The first-order chi connectivity index (χ1) is 15.6. The van der Waals surface area contributed by atoms with Crippen LogP contribution in [0, 0.1) is 0 Å². The van der Waals surface area contributed by atoms with Crippen molar-refractivity contribution in [2.75, 3.05) is 35.3 Å². The summed E-state index contributed by atoms with van der Waals surface area (Å²) in [7, 11) is -7.60. The minimum Gasteiger partial charge on any atom is -0.384 e. The molecular formula is C22H26N4O5S2. The van der Waals surface area contributed by atoms with E-state index in [1.165, 1.54) is 18.2 Å². The highest BCUT2D eigenvalue weighted by Crippen LogP contribution is 2.27. The number of anilines is 4. The second-order valence-electron chi connectivity index (χ2n) is 7.36. The van der Waals surface area contributed by atoms with Gasteiger partial charge in [0.05, 0.1) is 11.2 Å². The molecule has 0 aliphatic rings. The molecule has 0 saturated heterocycles. The maximum absolute atomic E-state index is 11.4. The van der Waals surface area contributed by atoms with Gasteiger partial charge in [-0.25, -0.2) is 13.1 Å². The molecule has 0 aliphatic carbocycles. The zero-order valence-corrected chi connectivity index (χ0v) is 19.6. The van der Waals surface area contributed by atoms with E-state index >= 15 is 0 Å². The van der Waals surface area contributed by atoms with Crippen LogP contribution in [-0.2, 0) is 26.7 Å². The fourth-order valence-corrected chi connectivity index (χ4v) is 4.05. The van der Waals surface area contributed by atoms with Gasteiger partial charge in [0, 0.05) is 42.4 Å². The monoisotopic (exact) mass is 490 g/mol. The molecule has 33 heavy (non-hydrogen) atoms. The Morgan fingerprint density at radius 2 is 1.39 bits per heavy atom. The van der Waals surface area contributed by atoms with E-state index in [0.29, 0.717) is 24.5 Å². The maximum atomic E-state index is 11.4. The number of benzene rings is 3. The number of hydrogen-bond acceptors (Lipinski definition) is 7. The zero-order valence-electron chi connectivity index (χ0n) is 17.9. The fourth-order valence-electron chi connectivity index (χ4n) is 3.05. The molecule has 0 heterocycles. The minimum atomic E-state index is -4.32. The summed E-state index contributed by atoms with van der Waals surface area (Å²) < 4.78 is 57.1. The van der Waals surface area contributed by atoms with Crippen molar-refractivity contribution in [2.24, 2.45) is 0 Å². The maximum Gasteiger partial charge on any atom is 0.294 e. The molecule has 9 nitrogen and oxygen atoms in total. The molecule has 3 aromatic carbocycles. The molecule has 0 bridgehead atoms. The van der Waals surface area contributed by atoms with Crippen LogP contribution in [0.4, 0.5) is 22.7 Å². The van der Waals surface area contributed by atoms with Crippen LogP contribution in [0.1, 0.15) is 5.56 Å². The minimum absolute atomic E-state index is 0.212. The molecule has 3 aromatic rings. The summed E-state index contributed by atoms with van der Waals surface area (Å²) in [5, 5.41) is 9.67. The third-order valence-electron chi connectivity index (χ3n) is 4.51. The number of nitrogens with one attached hydrogen (secondary N) is 4. The van der Waals surface area contributed by atoms with Crippen LogP contribution in [-0.4, -0.2) is 40.7 Å². The van der Waals surface area contributed by atoms with Crippen molar-refractivity contribution in [3.63, 3.8) is 0 Å². The van der Waals surface area contributed by atoms with Gasteiger partial charge in [0.25, 0.3) is 10.1 Å². The molecule has 0 atom stereocenters. The van der Waals surface area contributed by atoms with E-state index in [0.717, 1.165) is 23.2 Å². The Morgan fingerprint density at radius 3 is 2.06 bits per heavy atom. The van der Waals surface area contributed by atoms with Crippen LogP contribution in [0.3, 0.4) is 0 Å². The molecule has 0 aliphatic heterocycles. The molecular weight excluding hydrogens is 464 g/mol. The Bertz CT molecular complexity index is 1300. The van der Waals surface area contributed by atoms with E-state index in [1.807, 2.05) is 48.5 Å². The van der Waals surface area contributed by atoms with E-state index in [1.54, 1.807) is 6.07 Å². The quantitative estimate of drug-likeness (QED) is 0.204. The summed E-state index contributed by atoms with van der Waals surface area (Å²) in [5.74, 6) is 0. The first kappa shape index (κ1) is 24.5. The zero-order chi connectivity index (χ0) is 23.9. The van der Waals surface area contributed by atoms with Gasteiger partial charge in [0.15, 0.2) is 0 Å². The molecule has 0 amide bonds. The predicted octanol–water partition coefficient (Wildman–Crippen LogP) is 3.25. The van der Waals surface area contributed by atoms with Crippen molar-refractivity contribution in [1.82, 2.24) is 4.72 Å².